The van der Waals surface area contributed by atoms with E-state index in [1.807, 2.05) is 0 Å². The zero-order valence-corrected chi connectivity index (χ0v) is 14.1. The average molecular weight is 418 g/mol. The van der Waals surface area contributed by atoms with E-state index in [1.54, 1.807) is 0 Å². The van der Waals surface area contributed by atoms with Gasteiger partial charge in [0.05, 0.1) is 39.4 Å². The van der Waals surface area contributed by atoms with E-state index in [4.69, 9.17) is 30.6 Å². The molecule has 13 heteroatoms. The van der Waals surface area contributed by atoms with E-state index in [0.29, 0.717) is 0 Å². The Morgan fingerprint density at radius 1 is 0.560 bits per heavy atom. The number of carbonyl (C=O) groups is 4. The molecular formula is C12H22CuN2O10+2. The fourth-order valence-electron chi connectivity index (χ4n) is 1.48. The zero-order valence-electron chi connectivity index (χ0n) is 13.2. The number of hydrogen-bond donors (Lipinski definition) is 6. The minimum atomic E-state index is -1.11. The van der Waals surface area contributed by atoms with Gasteiger partial charge in [0, 0.05) is 13.1 Å². The largest absolute Gasteiger partial charge is 2.00 e. The third kappa shape index (κ3) is 22.2. The fourth-order valence-corrected chi connectivity index (χ4v) is 1.48. The van der Waals surface area contributed by atoms with Crippen molar-refractivity contribution in [3.63, 3.8) is 0 Å². The summed E-state index contributed by atoms with van der Waals surface area (Å²) in [6.07, 6.45) is 0. The van der Waals surface area contributed by atoms with Crippen LogP contribution in [0.3, 0.4) is 0 Å². The molecule has 0 aromatic rings. The maximum Gasteiger partial charge on any atom is 2.00 e. The number of carboxylic acid groups (broad SMARTS) is 4. The number of carboxylic acids is 4. The van der Waals surface area contributed by atoms with Crippen molar-refractivity contribution in [3.8, 4) is 0 Å². The number of aliphatic carboxylic acids is 4. The summed E-state index contributed by atoms with van der Waals surface area (Å²) in [6, 6.07) is 0. The number of nitrogens with zero attached hydrogens (tertiary/aromatic N) is 2. The second-order valence-electron chi connectivity index (χ2n) is 4.44. The molecule has 0 saturated carbocycles. The molecule has 0 amide bonds. The Labute approximate surface area is 153 Å². The van der Waals surface area contributed by atoms with Crippen LogP contribution in [0.2, 0.25) is 0 Å². The molecule has 0 aromatic heterocycles. The molecule has 0 aromatic carbocycles. The van der Waals surface area contributed by atoms with Gasteiger partial charge >= 0.3 is 40.9 Å². The van der Waals surface area contributed by atoms with Gasteiger partial charge in [-0.3, -0.25) is 29.0 Å². The van der Waals surface area contributed by atoms with Crippen molar-refractivity contribution < 1.29 is 66.9 Å². The van der Waals surface area contributed by atoms with Crippen LogP contribution in [-0.4, -0.2) is 117 Å². The van der Waals surface area contributed by atoms with Crippen LogP contribution in [0.1, 0.15) is 0 Å². The molecule has 6 N–H and O–H groups in total. The molecular weight excluding hydrogens is 396 g/mol. The van der Waals surface area contributed by atoms with Gasteiger partial charge in [-0.1, -0.05) is 0 Å². The summed E-state index contributed by atoms with van der Waals surface area (Å²) in [6.45, 7) is -1.86. The van der Waals surface area contributed by atoms with E-state index in [1.165, 1.54) is 0 Å². The maximum absolute atomic E-state index is 10.1. The van der Waals surface area contributed by atoms with Crippen LogP contribution < -0.4 is 0 Å². The van der Waals surface area contributed by atoms with Gasteiger partial charge in [-0.25, -0.2) is 0 Å². The first-order valence-electron chi connectivity index (χ1n) is 6.65. The fraction of sp³-hybridized carbons (Fsp3) is 0.667. The summed E-state index contributed by atoms with van der Waals surface area (Å²) in [7, 11) is 0. The van der Waals surface area contributed by atoms with Crippen molar-refractivity contribution in [1.29, 1.82) is 0 Å². The predicted octanol–water partition coefficient (Wildman–Crippen LogP) is -3.10. The normalized spacial score (nSPS) is 9.76. The molecule has 0 saturated heterocycles. The SMILES string of the molecule is O=C(O)CN(CCO)CC(=O)O.O=C(O)CN(CCO)CC(=O)O.[Cu+2]. The molecule has 0 unspecified atom stereocenters. The van der Waals surface area contributed by atoms with Crippen molar-refractivity contribution in [3.05, 3.63) is 0 Å². The second kappa shape index (κ2) is 17.1. The average Bonchev–Trinajstić information content (AvgIpc) is 2.36. The minimum Gasteiger partial charge on any atom is -0.480 e. The molecule has 0 aliphatic carbocycles. The van der Waals surface area contributed by atoms with Crippen LogP contribution in [-0.2, 0) is 36.2 Å². The summed E-state index contributed by atoms with van der Waals surface area (Å²) in [5.74, 6) is -4.43. The Morgan fingerprint density at radius 2 is 0.760 bits per heavy atom. The van der Waals surface area contributed by atoms with Crippen LogP contribution >= 0.6 is 0 Å². The first-order chi connectivity index (χ1) is 11.1. The molecule has 149 valence electrons. The van der Waals surface area contributed by atoms with Crippen LogP contribution in [0.25, 0.3) is 0 Å². The van der Waals surface area contributed by atoms with Gasteiger partial charge in [-0.05, 0) is 0 Å². The molecule has 0 rings (SSSR count). The molecule has 25 heavy (non-hydrogen) atoms. The molecule has 0 atom stereocenters. The Kier molecular flexibility index (Phi) is 19.2. The van der Waals surface area contributed by atoms with Crippen molar-refractivity contribution in [1.82, 2.24) is 9.80 Å². The van der Waals surface area contributed by atoms with Gasteiger partial charge in [0.25, 0.3) is 0 Å². The second-order valence-corrected chi connectivity index (χ2v) is 4.44. The monoisotopic (exact) mass is 417 g/mol. The number of aliphatic hydroxyl groups excluding tert-OH is 2. The summed E-state index contributed by atoms with van der Waals surface area (Å²) >= 11 is 0. The minimum absolute atomic E-state index is 0. The first-order valence-corrected chi connectivity index (χ1v) is 6.65. The Balaban J connectivity index is -0.000000372. The molecule has 0 bridgehead atoms. The molecule has 0 aliphatic heterocycles. The summed E-state index contributed by atoms with van der Waals surface area (Å²) in [4.78, 5) is 42.9. The summed E-state index contributed by atoms with van der Waals surface area (Å²) in [5.41, 5.74) is 0. The summed E-state index contributed by atoms with van der Waals surface area (Å²) < 4.78 is 0. The molecule has 0 spiro atoms. The van der Waals surface area contributed by atoms with Gasteiger partial charge in [0.1, 0.15) is 0 Å². The van der Waals surface area contributed by atoms with Gasteiger partial charge < -0.3 is 30.6 Å². The standard InChI is InChI=1S/2C6H11NO5.Cu/c2*8-2-1-7(3-5(9)10)4-6(11)12;/h2*8H,1-4H2,(H,9,10)(H,11,12);/q;;+2. The van der Waals surface area contributed by atoms with Crippen LogP contribution in [0.15, 0.2) is 0 Å². The smallest absolute Gasteiger partial charge is 0.480 e. The van der Waals surface area contributed by atoms with Crippen molar-refractivity contribution >= 4 is 23.9 Å². The Morgan fingerprint density at radius 3 is 0.880 bits per heavy atom. The maximum atomic E-state index is 10.1. The zero-order chi connectivity index (χ0) is 19.1. The quantitative estimate of drug-likeness (QED) is 0.175. The molecule has 12 nitrogen and oxygen atoms in total. The topological polar surface area (TPSA) is 196 Å². The van der Waals surface area contributed by atoms with Crippen LogP contribution in [0, 0.1) is 0 Å². The molecule has 0 heterocycles. The van der Waals surface area contributed by atoms with Gasteiger partial charge in [-0.2, -0.15) is 0 Å². The first kappa shape index (κ1) is 28.1. The Hall–Kier alpha value is -1.76. The third-order valence-corrected chi connectivity index (χ3v) is 2.27. The van der Waals surface area contributed by atoms with E-state index in [0.717, 1.165) is 9.80 Å². The number of rotatable bonds is 12. The van der Waals surface area contributed by atoms with Crippen molar-refractivity contribution in [2.75, 3.05) is 52.5 Å². The molecule has 1 radical (unpaired) electrons. The number of aliphatic hydroxyl groups is 2. The molecule has 0 aliphatic rings. The number of hydrogen-bond acceptors (Lipinski definition) is 8. The van der Waals surface area contributed by atoms with Crippen LogP contribution in [0.4, 0.5) is 0 Å². The van der Waals surface area contributed by atoms with E-state index in [-0.39, 0.29) is 69.6 Å². The van der Waals surface area contributed by atoms with Crippen molar-refractivity contribution in [2.45, 2.75) is 0 Å². The predicted molar refractivity (Wildman–Crippen MR) is 77.6 cm³/mol. The van der Waals surface area contributed by atoms with Gasteiger partial charge in [-0.15, -0.1) is 0 Å². The van der Waals surface area contributed by atoms with E-state index >= 15 is 0 Å². The van der Waals surface area contributed by atoms with Gasteiger partial charge in [0.2, 0.25) is 0 Å². The van der Waals surface area contributed by atoms with E-state index in [2.05, 4.69) is 0 Å². The van der Waals surface area contributed by atoms with Crippen molar-refractivity contribution in [2.24, 2.45) is 0 Å². The summed E-state index contributed by atoms with van der Waals surface area (Å²) in [5, 5.41) is 50.1. The third-order valence-electron chi connectivity index (χ3n) is 2.27. The van der Waals surface area contributed by atoms with E-state index in [9.17, 15) is 19.2 Å². The van der Waals surface area contributed by atoms with Crippen LogP contribution in [0.5, 0.6) is 0 Å². The molecule has 0 fully saturated rings. The Bertz CT molecular complexity index is 351. The van der Waals surface area contributed by atoms with E-state index < -0.39 is 23.9 Å². The van der Waals surface area contributed by atoms with Gasteiger partial charge in [0.15, 0.2) is 0 Å².